The van der Waals surface area contributed by atoms with Gasteiger partial charge in [0.25, 0.3) is 5.08 Å². The summed E-state index contributed by atoms with van der Waals surface area (Å²) in [4.78, 5) is 36.4. The second-order valence-electron chi connectivity index (χ2n) is 4.08. The number of hydrogen-bond donors (Lipinski definition) is 8. The van der Waals surface area contributed by atoms with Gasteiger partial charge in [-0.15, -0.1) is 0 Å². The Morgan fingerprint density at radius 3 is 1.70 bits per heavy atom. The summed E-state index contributed by atoms with van der Waals surface area (Å²) < 4.78 is 22.7. The van der Waals surface area contributed by atoms with Crippen molar-refractivity contribution in [1.29, 1.82) is 0 Å². The minimum atomic E-state index is -5.69. The summed E-state index contributed by atoms with van der Waals surface area (Å²) >= 11 is 0. The Kier molecular flexibility index (Phi) is 7.03. The van der Waals surface area contributed by atoms with Crippen molar-refractivity contribution in [2.24, 2.45) is 11.5 Å². The zero-order valence-electron chi connectivity index (χ0n) is 10.6. The quantitative estimate of drug-likeness (QED) is 0.198. The second kappa shape index (κ2) is 7.13. The number of allylic oxidation sites excluding steroid dienone is 1. The monoisotopic (exact) mass is 334 g/mol. The van der Waals surface area contributed by atoms with Gasteiger partial charge in [0.15, 0.2) is 0 Å². The van der Waals surface area contributed by atoms with Gasteiger partial charge in [-0.2, -0.15) is 0 Å². The van der Waals surface area contributed by atoms with Crippen molar-refractivity contribution in [2.75, 3.05) is 13.1 Å². The molecule has 0 aromatic carbocycles. The van der Waals surface area contributed by atoms with Crippen LogP contribution in [-0.2, 0) is 9.13 Å². The van der Waals surface area contributed by atoms with E-state index < -0.39 is 38.0 Å². The molecule has 0 radical (unpaired) electrons. The summed E-state index contributed by atoms with van der Waals surface area (Å²) in [5, 5.41) is 15.9. The Hall–Kier alpha value is -0.280. The number of hydrogen-bond acceptors (Lipinski definition) is 6. The average Bonchev–Trinajstić information content (AvgIpc) is 2.29. The lowest BCUT2D eigenvalue weighted by molar-refractivity contribution is 0.149. The van der Waals surface area contributed by atoms with E-state index in [0.29, 0.717) is 0 Å². The maximum Gasteiger partial charge on any atom is 0.374 e. The van der Waals surface area contributed by atoms with Crippen LogP contribution in [0, 0.1) is 0 Å². The van der Waals surface area contributed by atoms with Crippen LogP contribution in [0.3, 0.4) is 0 Å². The topological polar surface area (TPSA) is 208 Å². The van der Waals surface area contributed by atoms with Crippen LogP contribution in [0.25, 0.3) is 0 Å². The molecule has 0 spiro atoms. The Morgan fingerprint density at radius 2 is 1.40 bits per heavy atom. The van der Waals surface area contributed by atoms with Gasteiger partial charge >= 0.3 is 15.2 Å². The molecule has 0 aliphatic heterocycles. The van der Waals surface area contributed by atoms with Gasteiger partial charge in [-0.05, 0) is 25.9 Å². The Labute approximate surface area is 115 Å². The van der Waals surface area contributed by atoms with E-state index in [1.165, 1.54) is 0 Å². The van der Waals surface area contributed by atoms with Crippen LogP contribution in [0.1, 0.15) is 19.3 Å². The molecule has 0 bridgehead atoms. The molecule has 0 heterocycles. The fraction of sp³-hybridized carbons (Fsp3) is 0.750. The van der Waals surface area contributed by atoms with E-state index in [-0.39, 0.29) is 25.9 Å². The predicted molar refractivity (Wildman–Crippen MR) is 70.7 cm³/mol. The van der Waals surface area contributed by atoms with E-state index in [9.17, 15) is 19.3 Å². The van der Waals surface area contributed by atoms with Gasteiger partial charge in [0.05, 0.1) is 5.76 Å². The van der Waals surface area contributed by atoms with Gasteiger partial charge in [-0.1, -0.05) is 0 Å². The van der Waals surface area contributed by atoms with Crippen LogP contribution >= 0.6 is 15.2 Å². The van der Waals surface area contributed by atoms with Crippen LogP contribution in [0.5, 0.6) is 0 Å². The SMILES string of the molecule is NCCCC(O)=C(CCN)C(O)(P(=O)(O)O)P(=O)(O)O. The van der Waals surface area contributed by atoms with Gasteiger partial charge in [-0.3, -0.25) is 9.13 Å². The molecule has 0 aromatic heterocycles. The minimum Gasteiger partial charge on any atom is -0.512 e. The molecule has 0 atom stereocenters. The van der Waals surface area contributed by atoms with Crippen molar-refractivity contribution >= 4 is 15.2 Å². The summed E-state index contributed by atoms with van der Waals surface area (Å²) in [6.07, 6.45) is -0.504. The maximum atomic E-state index is 11.3. The molecule has 0 rings (SSSR count). The van der Waals surface area contributed by atoms with E-state index in [1.54, 1.807) is 0 Å². The molecular weight excluding hydrogens is 314 g/mol. The first-order valence-electron chi connectivity index (χ1n) is 5.58. The molecule has 20 heavy (non-hydrogen) atoms. The predicted octanol–water partition coefficient (Wildman–Crippen LogP) is -1.11. The first kappa shape index (κ1) is 19.7. The normalized spacial score (nSPS) is 15.2. The van der Waals surface area contributed by atoms with Crippen molar-refractivity contribution < 1.29 is 38.9 Å². The van der Waals surface area contributed by atoms with Crippen molar-refractivity contribution in [3.63, 3.8) is 0 Å². The molecule has 0 aromatic rings. The molecule has 120 valence electrons. The Balaban J connectivity index is 6.08. The van der Waals surface area contributed by atoms with Gasteiger partial charge < -0.3 is 41.3 Å². The highest BCUT2D eigenvalue weighted by Gasteiger charge is 2.62. The Bertz CT molecular complexity index is 431. The van der Waals surface area contributed by atoms with Crippen LogP contribution in [0.4, 0.5) is 0 Å². The van der Waals surface area contributed by atoms with Crippen molar-refractivity contribution in [3.05, 3.63) is 11.3 Å². The van der Waals surface area contributed by atoms with Crippen molar-refractivity contribution in [2.45, 2.75) is 24.3 Å². The second-order valence-corrected chi connectivity index (χ2v) is 7.90. The van der Waals surface area contributed by atoms with Crippen LogP contribution in [-0.4, -0.2) is 48.0 Å². The average molecular weight is 334 g/mol. The lowest BCUT2D eigenvalue weighted by atomic mass is 10.1. The highest BCUT2D eigenvalue weighted by atomic mass is 31.2. The number of nitrogens with two attached hydrogens (primary N) is 2. The van der Waals surface area contributed by atoms with Crippen LogP contribution in [0.2, 0.25) is 0 Å². The molecular formula is C8H20N2O8P2. The van der Waals surface area contributed by atoms with Gasteiger partial charge in [-0.25, -0.2) is 0 Å². The summed E-state index contributed by atoms with van der Waals surface area (Å²) in [5.74, 6) is -0.741. The molecule has 0 saturated heterocycles. The third kappa shape index (κ3) is 4.11. The van der Waals surface area contributed by atoms with Gasteiger partial charge in [0, 0.05) is 12.0 Å². The molecule has 0 aliphatic rings. The van der Waals surface area contributed by atoms with E-state index in [0.717, 1.165) is 0 Å². The zero-order valence-corrected chi connectivity index (χ0v) is 12.4. The number of aliphatic hydroxyl groups excluding tert-OH is 1. The van der Waals surface area contributed by atoms with E-state index in [2.05, 4.69) is 0 Å². The van der Waals surface area contributed by atoms with Crippen LogP contribution in [0.15, 0.2) is 11.3 Å². The highest BCUT2D eigenvalue weighted by molar-refractivity contribution is 7.72. The molecule has 0 unspecified atom stereocenters. The lowest BCUT2D eigenvalue weighted by Crippen LogP contribution is -2.33. The van der Waals surface area contributed by atoms with Gasteiger partial charge in [0.1, 0.15) is 0 Å². The van der Waals surface area contributed by atoms with Crippen LogP contribution < -0.4 is 11.5 Å². The van der Waals surface area contributed by atoms with Gasteiger partial charge in [0.2, 0.25) is 0 Å². The fourth-order valence-electron chi connectivity index (χ4n) is 1.59. The molecule has 12 heteroatoms. The molecule has 0 amide bonds. The molecule has 0 aliphatic carbocycles. The summed E-state index contributed by atoms with van der Waals surface area (Å²) in [5.41, 5.74) is 9.53. The van der Waals surface area contributed by atoms with E-state index in [1.807, 2.05) is 0 Å². The largest absolute Gasteiger partial charge is 0.512 e. The van der Waals surface area contributed by atoms with E-state index in [4.69, 9.17) is 31.0 Å². The lowest BCUT2D eigenvalue weighted by Gasteiger charge is -2.32. The first-order chi connectivity index (χ1) is 8.93. The third-order valence-electron chi connectivity index (χ3n) is 2.58. The summed E-state index contributed by atoms with van der Waals surface area (Å²) in [7, 11) is -11.4. The molecule has 0 saturated carbocycles. The summed E-state index contributed by atoms with van der Waals surface area (Å²) in [6.45, 7) is -0.158. The minimum absolute atomic E-state index is 0.129. The zero-order chi connectivity index (χ0) is 16.2. The molecule has 10 N–H and O–H groups in total. The number of rotatable bonds is 8. The first-order valence-corrected chi connectivity index (χ1v) is 8.81. The Morgan fingerprint density at radius 1 is 0.950 bits per heavy atom. The fourth-order valence-corrected chi connectivity index (χ4v) is 4.13. The highest BCUT2D eigenvalue weighted by Crippen LogP contribution is 2.71. The number of aliphatic hydroxyl groups is 2. The molecule has 0 fully saturated rings. The van der Waals surface area contributed by atoms with Crippen molar-refractivity contribution in [3.8, 4) is 0 Å². The van der Waals surface area contributed by atoms with E-state index >= 15 is 0 Å². The van der Waals surface area contributed by atoms with Crippen molar-refractivity contribution in [1.82, 2.24) is 0 Å². The summed E-state index contributed by atoms with van der Waals surface area (Å²) in [6, 6.07) is 0. The standard InChI is InChI=1S/C8H20N2O8P2/c9-4-1-2-7(11)6(3-5-10)8(12,19(13,14)15)20(16,17)18/h11-12H,1-5,9-10H2,(H2,13,14,15)(H2,16,17,18). The molecule has 10 nitrogen and oxygen atoms in total. The maximum absolute atomic E-state index is 11.3. The smallest absolute Gasteiger partial charge is 0.374 e. The third-order valence-corrected chi connectivity index (χ3v) is 6.31.